The van der Waals surface area contributed by atoms with E-state index in [1.807, 2.05) is 0 Å². The fourth-order valence-electron chi connectivity index (χ4n) is 0.879. The first-order valence-electron chi connectivity index (χ1n) is 3.14. The molecular formula is C7H6N2O2. The lowest BCUT2D eigenvalue weighted by molar-refractivity contribution is 0.263. The van der Waals surface area contributed by atoms with Crippen molar-refractivity contribution in [3.63, 3.8) is 0 Å². The summed E-state index contributed by atoms with van der Waals surface area (Å²) >= 11 is 0. The van der Waals surface area contributed by atoms with Gasteiger partial charge in [-0.3, -0.25) is 0 Å². The first-order chi connectivity index (χ1) is 5.36. The maximum atomic E-state index is 9.04. The van der Waals surface area contributed by atoms with Gasteiger partial charge in [-0.1, -0.05) is 0 Å². The fraction of sp³-hybridized carbons (Fsp3) is 0. The predicted octanol–water partition coefficient (Wildman–Crippen LogP) is 0.949. The zero-order valence-electron chi connectivity index (χ0n) is 5.61. The average Bonchev–Trinajstić information content (AvgIpc) is 2.04. The van der Waals surface area contributed by atoms with Crippen molar-refractivity contribution in [1.29, 1.82) is 0 Å². The molecule has 0 radical (unpaired) electrons. The van der Waals surface area contributed by atoms with Gasteiger partial charge in [-0.2, -0.15) is 0 Å². The predicted molar refractivity (Wildman–Crippen MR) is 40.0 cm³/mol. The van der Waals surface area contributed by atoms with Crippen molar-refractivity contribution < 1.29 is 9.94 Å². The molecule has 56 valence electrons. The van der Waals surface area contributed by atoms with E-state index in [2.05, 4.69) is 10.5 Å². The Bertz CT molecular complexity index is 309. The lowest BCUT2D eigenvalue weighted by Gasteiger charge is -2.10. The van der Waals surface area contributed by atoms with E-state index in [-0.39, 0.29) is 5.75 Å². The average molecular weight is 150 g/mol. The Morgan fingerprint density at radius 3 is 3.27 bits per heavy atom. The molecule has 1 aromatic carbocycles. The van der Waals surface area contributed by atoms with E-state index in [0.29, 0.717) is 11.4 Å². The van der Waals surface area contributed by atoms with Crippen molar-refractivity contribution in [3.8, 4) is 11.5 Å². The SMILES string of the molecule is Oc1ccc2c(c1)N=CNO2. The molecule has 0 atom stereocenters. The second-order valence-electron chi connectivity index (χ2n) is 2.13. The van der Waals surface area contributed by atoms with E-state index in [1.165, 1.54) is 12.4 Å². The number of nitrogens with one attached hydrogen (secondary N) is 1. The second kappa shape index (κ2) is 2.16. The summed E-state index contributed by atoms with van der Waals surface area (Å²) in [6.45, 7) is 0. The van der Waals surface area contributed by atoms with Gasteiger partial charge in [0.05, 0.1) is 0 Å². The first kappa shape index (κ1) is 6.03. The molecule has 1 aromatic rings. The molecular weight excluding hydrogens is 144 g/mol. The van der Waals surface area contributed by atoms with Gasteiger partial charge in [0, 0.05) is 6.07 Å². The van der Waals surface area contributed by atoms with Crippen molar-refractivity contribution in [2.24, 2.45) is 4.99 Å². The highest BCUT2D eigenvalue weighted by Crippen LogP contribution is 2.31. The van der Waals surface area contributed by atoms with E-state index in [9.17, 15) is 0 Å². The van der Waals surface area contributed by atoms with Crippen molar-refractivity contribution in [3.05, 3.63) is 18.2 Å². The molecule has 0 aliphatic carbocycles. The van der Waals surface area contributed by atoms with Gasteiger partial charge in [0.2, 0.25) is 0 Å². The Hall–Kier alpha value is -1.71. The lowest BCUT2D eigenvalue weighted by atomic mass is 10.3. The lowest BCUT2D eigenvalue weighted by Crippen LogP contribution is -2.18. The molecule has 2 rings (SSSR count). The van der Waals surface area contributed by atoms with E-state index in [1.54, 1.807) is 12.1 Å². The Kier molecular flexibility index (Phi) is 1.18. The van der Waals surface area contributed by atoms with Gasteiger partial charge >= 0.3 is 0 Å². The minimum absolute atomic E-state index is 0.186. The summed E-state index contributed by atoms with van der Waals surface area (Å²) in [4.78, 5) is 8.90. The quantitative estimate of drug-likeness (QED) is 0.578. The van der Waals surface area contributed by atoms with Crippen LogP contribution in [0.5, 0.6) is 11.5 Å². The monoisotopic (exact) mass is 150 g/mol. The van der Waals surface area contributed by atoms with Crippen LogP contribution in [0.2, 0.25) is 0 Å². The summed E-state index contributed by atoms with van der Waals surface area (Å²) in [7, 11) is 0. The van der Waals surface area contributed by atoms with Gasteiger partial charge in [0.1, 0.15) is 17.8 Å². The number of phenols is 1. The molecule has 4 nitrogen and oxygen atoms in total. The van der Waals surface area contributed by atoms with Crippen molar-refractivity contribution in [1.82, 2.24) is 5.48 Å². The molecule has 0 spiro atoms. The van der Waals surface area contributed by atoms with Crippen LogP contribution in [-0.4, -0.2) is 11.4 Å². The molecule has 1 aliphatic rings. The van der Waals surface area contributed by atoms with Crippen molar-refractivity contribution in [2.75, 3.05) is 0 Å². The van der Waals surface area contributed by atoms with Crippen LogP contribution in [0.4, 0.5) is 5.69 Å². The molecule has 0 saturated heterocycles. The molecule has 0 aromatic heterocycles. The number of aromatic hydroxyl groups is 1. The van der Waals surface area contributed by atoms with Crippen LogP contribution >= 0.6 is 0 Å². The standard InChI is InChI=1S/C7H6N2O2/c10-5-1-2-7-6(3-5)8-4-9-11-7/h1-4,10H,(H,8,9). The minimum Gasteiger partial charge on any atom is -0.508 e. The highest BCUT2D eigenvalue weighted by molar-refractivity contribution is 5.68. The summed E-state index contributed by atoms with van der Waals surface area (Å²) < 4.78 is 0. The maximum absolute atomic E-state index is 9.04. The number of rotatable bonds is 0. The van der Waals surface area contributed by atoms with E-state index in [4.69, 9.17) is 9.94 Å². The largest absolute Gasteiger partial charge is 0.508 e. The molecule has 0 fully saturated rings. The zero-order chi connectivity index (χ0) is 7.68. The van der Waals surface area contributed by atoms with Gasteiger partial charge in [-0.05, 0) is 12.1 Å². The molecule has 1 heterocycles. The summed E-state index contributed by atoms with van der Waals surface area (Å²) in [5.41, 5.74) is 3.12. The Morgan fingerprint density at radius 2 is 2.36 bits per heavy atom. The van der Waals surface area contributed by atoms with Gasteiger partial charge in [-0.15, -0.1) is 0 Å². The molecule has 4 heteroatoms. The number of benzene rings is 1. The first-order valence-corrected chi connectivity index (χ1v) is 3.14. The summed E-state index contributed by atoms with van der Waals surface area (Å²) in [5, 5.41) is 9.04. The van der Waals surface area contributed by atoms with Crippen LogP contribution in [0.3, 0.4) is 0 Å². The maximum Gasteiger partial charge on any atom is 0.180 e. The molecule has 11 heavy (non-hydrogen) atoms. The van der Waals surface area contributed by atoms with Crippen molar-refractivity contribution in [2.45, 2.75) is 0 Å². The Labute approximate surface area is 63.1 Å². The molecule has 2 N–H and O–H groups in total. The van der Waals surface area contributed by atoms with Gasteiger partial charge in [0.15, 0.2) is 5.75 Å². The third kappa shape index (κ3) is 0.980. The third-order valence-corrected chi connectivity index (χ3v) is 1.37. The summed E-state index contributed by atoms with van der Waals surface area (Å²) in [6, 6.07) is 4.72. The van der Waals surface area contributed by atoms with Crippen molar-refractivity contribution >= 4 is 12.0 Å². The third-order valence-electron chi connectivity index (χ3n) is 1.37. The normalized spacial score (nSPS) is 13.1. The van der Waals surface area contributed by atoms with Gasteiger partial charge in [0.25, 0.3) is 0 Å². The number of fused-ring (bicyclic) bond motifs is 1. The van der Waals surface area contributed by atoms with E-state index in [0.717, 1.165) is 0 Å². The zero-order valence-corrected chi connectivity index (χ0v) is 5.61. The van der Waals surface area contributed by atoms with Gasteiger partial charge in [-0.25, -0.2) is 10.5 Å². The van der Waals surface area contributed by atoms with Crippen LogP contribution in [0.25, 0.3) is 0 Å². The number of hydroxylamine groups is 1. The number of aliphatic imine (C=N–C) groups is 1. The topological polar surface area (TPSA) is 53.9 Å². The minimum atomic E-state index is 0.186. The summed E-state index contributed by atoms with van der Waals surface area (Å²) in [6.07, 6.45) is 1.42. The number of nitrogens with zero attached hydrogens (tertiary/aromatic N) is 1. The van der Waals surface area contributed by atoms with Crippen LogP contribution in [0.1, 0.15) is 0 Å². The van der Waals surface area contributed by atoms with Crippen LogP contribution in [-0.2, 0) is 0 Å². The highest BCUT2D eigenvalue weighted by Gasteiger charge is 2.06. The molecule has 1 aliphatic heterocycles. The van der Waals surface area contributed by atoms with Crippen LogP contribution in [0.15, 0.2) is 23.2 Å². The molecule has 0 saturated carbocycles. The molecule has 0 amide bonds. The molecule has 0 bridgehead atoms. The molecule has 0 unspecified atom stereocenters. The fourth-order valence-corrected chi connectivity index (χ4v) is 0.879. The Morgan fingerprint density at radius 1 is 1.45 bits per heavy atom. The van der Waals surface area contributed by atoms with Crippen LogP contribution in [0, 0.1) is 0 Å². The van der Waals surface area contributed by atoms with E-state index >= 15 is 0 Å². The smallest absolute Gasteiger partial charge is 0.180 e. The summed E-state index contributed by atoms with van der Waals surface area (Å²) in [5.74, 6) is 0.803. The van der Waals surface area contributed by atoms with Crippen LogP contribution < -0.4 is 10.3 Å². The van der Waals surface area contributed by atoms with Gasteiger partial charge < -0.3 is 9.94 Å². The Balaban J connectivity index is 2.54. The highest BCUT2D eigenvalue weighted by atomic mass is 16.6. The van der Waals surface area contributed by atoms with E-state index < -0.39 is 0 Å². The number of hydrogen-bond donors (Lipinski definition) is 2. The number of phenolic OH excluding ortho intramolecular Hbond substituents is 1. The second-order valence-corrected chi connectivity index (χ2v) is 2.13. The number of hydrogen-bond acceptors (Lipinski definition) is 4.